The highest BCUT2D eigenvalue weighted by atomic mass is 31.2. The van der Waals surface area contributed by atoms with Crippen molar-refractivity contribution in [2.75, 3.05) is 40.1 Å². The number of benzene rings is 1. The van der Waals surface area contributed by atoms with E-state index in [1.807, 2.05) is 13.8 Å². The quantitative estimate of drug-likeness (QED) is 0.188. The Hall–Kier alpha value is -2.43. The molecule has 0 saturated carbocycles. The zero-order valence-electron chi connectivity index (χ0n) is 19.7. The lowest BCUT2D eigenvalue weighted by Gasteiger charge is -2.41. The highest BCUT2D eigenvalue weighted by Crippen LogP contribution is 2.63. The minimum absolute atomic E-state index is 0.0455. The summed E-state index contributed by atoms with van der Waals surface area (Å²) in [4.78, 5) is 28.5. The maximum absolute atomic E-state index is 14.0. The number of nitrogens with zero attached hydrogens (tertiary/aromatic N) is 2. The second-order valence-electron chi connectivity index (χ2n) is 8.97. The molecule has 0 amide bonds. The van der Waals surface area contributed by atoms with Gasteiger partial charge in [0.1, 0.15) is 5.66 Å². The fraction of sp³-hybridized carbons (Fsp3) is 0.545. The summed E-state index contributed by atoms with van der Waals surface area (Å²) in [5.74, 6) is -1.65. The second-order valence-corrected chi connectivity index (χ2v) is 11.1. The van der Waals surface area contributed by atoms with E-state index in [0.29, 0.717) is 11.3 Å². The van der Waals surface area contributed by atoms with Crippen LogP contribution in [-0.2, 0) is 27.9 Å². The van der Waals surface area contributed by atoms with E-state index in [1.54, 1.807) is 13.0 Å². The van der Waals surface area contributed by atoms with Gasteiger partial charge < -0.3 is 24.3 Å². The summed E-state index contributed by atoms with van der Waals surface area (Å²) in [7, 11) is -2.62. The van der Waals surface area contributed by atoms with Crippen molar-refractivity contribution in [1.29, 1.82) is 0 Å². The minimum Gasteiger partial charge on any atom is -0.466 e. The van der Waals surface area contributed by atoms with Crippen molar-refractivity contribution in [2.24, 2.45) is 16.1 Å². The Morgan fingerprint density at radius 3 is 2.62 bits per heavy atom. The van der Waals surface area contributed by atoms with Gasteiger partial charge in [-0.1, -0.05) is 26.0 Å². The number of rotatable bonds is 8. The molecule has 12 heteroatoms. The van der Waals surface area contributed by atoms with Gasteiger partial charge in [-0.15, -0.1) is 0 Å². The number of ether oxygens (including phenoxy) is 2. The van der Waals surface area contributed by atoms with Crippen molar-refractivity contribution >= 4 is 25.0 Å². The monoisotopic (exact) mass is 495 g/mol. The average Bonchev–Trinajstić information content (AvgIpc) is 2.80. The van der Waals surface area contributed by atoms with Crippen molar-refractivity contribution in [1.82, 2.24) is 0 Å². The van der Waals surface area contributed by atoms with Crippen LogP contribution in [-0.4, -0.2) is 62.3 Å². The third-order valence-electron chi connectivity index (χ3n) is 5.63. The number of hydrogen-bond donors (Lipinski definition) is 1. The molecule has 186 valence electrons. The fourth-order valence-corrected chi connectivity index (χ4v) is 6.65. The maximum Gasteiger partial charge on any atom is 0.340 e. The minimum atomic E-state index is -3.83. The van der Waals surface area contributed by atoms with Crippen LogP contribution >= 0.6 is 7.60 Å². The van der Waals surface area contributed by atoms with Crippen LogP contribution in [0.25, 0.3) is 0 Å². The van der Waals surface area contributed by atoms with Crippen LogP contribution in [0, 0.1) is 15.5 Å². The van der Waals surface area contributed by atoms with Crippen LogP contribution in [0.3, 0.4) is 0 Å². The van der Waals surface area contributed by atoms with E-state index in [-0.39, 0.29) is 55.3 Å². The Morgan fingerprint density at radius 1 is 1.35 bits per heavy atom. The van der Waals surface area contributed by atoms with Crippen molar-refractivity contribution < 1.29 is 32.8 Å². The normalized spacial score (nSPS) is 23.9. The van der Waals surface area contributed by atoms with Gasteiger partial charge in [-0.25, -0.2) is 4.79 Å². The molecule has 0 bridgehead atoms. The highest BCUT2D eigenvalue weighted by molar-refractivity contribution is 7.56. The molecule has 1 aromatic rings. The van der Waals surface area contributed by atoms with Crippen molar-refractivity contribution in [3.8, 4) is 0 Å². The summed E-state index contributed by atoms with van der Waals surface area (Å²) in [6.07, 6.45) is 0. The van der Waals surface area contributed by atoms with E-state index in [2.05, 4.69) is 4.99 Å². The number of methoxy groups -OCH3 is 1. The lowest BCUT2D eigenvalue weighted by Crippen LogP contribution is -2.40. The van der Waals surface area contributed by atoms with Gasteiger partial charge in [0.15, 0.2) is 0 Å². The van der Waals surface area contributed by atoms with Crippen LogP contribution in [0.2, 0.25) is 0 Å². The van der Waals surface area contributed by atoms with Gasteiger partial charge >= 0.3 is 13.6 Å². The molecule has 2 aliphatic heterocycles. The lowest BCUT2D eigenvalue weighted by atomic mass is 9.83. The standard InChI is InChI=1S/C22H30N3O8P/c1-14-20(34(29)32-12-22(2,3)13-33-34)18(15-6-5-7-16(10-15)25(27)28)19(21(26)30-4)17(24-14)11-31-9-8-23/h5-7,10,18,20H,8-9,11-13,23H2,1-4H3. The maximum atomic E-state index is 14.0. The van der Waals surface area contributed by atoms with Gasteiger partial charge in [0.2, 0.25) is 0 Å². The summed E-state index contributed by atoms with van der Waals surface area (Å²) in [6, 6.07) is 5.82. The Morgan fingerprint density at radius 2 is 2.03 bits per heavy atom. The summed E-state index contributed by atoms with van der Waals surface area (Å²) in [6.45, 7) is 6.32. The van der Waals surface area contributed by atoms with Crippen LogP contribution in [0.4, 0.5) is 5.69 Å². The number of nitrogens with two attached hydrogens (primary N) is 1. The average molecular weight is 495 g/mol. The first-order valence-corrected chi connectivity index (χ1v) is 12.4. The number of carbonyl (C=O) groups is 1. The molecule has 2 unspecified atom stereocenters. The molecule has 1 saturated heterocycles. The highest BCUT2D eigenvalue weighted by Gasteiger charge is 2.52. The van der Waals surface area contributed by atoms with E-state index in [9.17, 15) is 19.5 Å². The molecular weight excluding hydrogens is 465 g/mol. The molecule has 34 heavy (non-hydrogen) atoms. The lowest BCUT2D eigenvalue weighted by molar-refractivity contribution is -0.384. The van der Waals surface area contributed by atoms with Crippen LogP contribution in [0.15, 0.2) is 40.5 Å². The summed E-state index contributed by atoms with van der Waals surface area (Å²) < 4.78 is 36.2. The number of carbonyl (C=O) groups excluding carboxylic acids is 1. The first-order valence-electron chi connectivity index (χ1n) is 10.8. The number of non-ortho nitro benzene ring substituents is 1. The molecule has 0 aromatic heterocycles. The first-order chi connectivity index (χ1) is 16.0. The molecule has 0 radical (unpaired) electrons. The van der Waals surface area contributed by atoms with Crippen molar-refractivity contribution in [3.63, 3.8) is 0 Å². The number of aliphatic imine (C=N–C) groups is 1. The third kappa shape index (κ3) is 5.45. The topological polar surface area (TPSA) is 153 Å². The Balaban J connectivity index is 2.20. The number of hydrogen-bond acceptors (Lipinski definition) is 10. The van der Waals surface area contributed by atoms with E-state index >= 15 is 0 Å². The predicted octanol–water partition coefficient (Wildman–Crippen LogP) is 3.19. The van der Waals surface area contributed by atoms with Crippen molar-refractivity contribution in [2.45, 2.75) is 32.3 Å². The van der Waals surface area contributed by atoms with Gasteiger partial charge in [-0.05, 0) is 12.5 Å². The molecule has 2 atom stereocenters. The van der Waals surface area contributed by atoms with Gasteiger partial charge in [0, 0.05) is 35.7 Å². The summed E-state index contributed by atoms with van der Waals surface area (Å²) in [5, 5.41) is 11.5. The smallest absolute Gasteiger partial charge is 0.340 e. The van der Waals surface area contributed by atoms with Gasteiger partial charge in [-0.2, -0.15) is 0 Å². The fourth-order valence-electron chi connectivity index (χ4n) is 4.00. The van der Waals surface area contributed by atoms with Gasteiger partial charge in [-0.3, -0.25) is 19.7 Å². The molecule has 1 fully saturated rings. The van der Waals surface area contributed by atoms with Crippen LogP contribution < -0.4 is 5.73 Å². The molecule has 11 nitrogen and oxygen atoms in total. The Bertz CT molecular complexity index is 1050. The largest absolute Gasteiger partial charge is 0.466 e. The Kier molecular flexibility index (Phi) is 8.05. The van der Waals surface area contributed by atoms with E-state index in [1.165, 1.54) is 25.3 Å². The van der Waals surface area contributed by atoms with Crippen molar-refractivity contribution in [3.05, 3.63) is 51.2 Å². The molecule has 1 aromatic carbocycles. The zero-order valence-corrected chi connectivity index (χ0v) is 20.6. The zero-order chi connectivity index (χ0) is 25.1. The number of esters is 1. The van der Waals surface area contributed by atoms with E-state index < -0.39 is 30.1 Å². The predicted molar refractivity (Wildman–Crippen MR) is 125 cm³/mol. The van der Waals surface area contributed by atoms with Crippen LogP contribution in [0.5, 0.6) is 0 Å². The summed E-state index contributed by atoms with van der Waals surface area (Å²) >= 11 is 0. The molecule has 3 rings (SSSR count). The number of nitro groups is 1. The van der Waals surface area contributed by atoms with Crippen LogP contribution in [0.1, 0.15) is 32.3 Å². The molecule has 2 N–H and O–H groups in total. The molecule has 0 aliphatic carbocycles. The van der Waals surface area contributed by atoms with Gasteiger partial charge in [0.25, 0.3) is 5.69 Å². The van der Waals surface area contributed by atoms with E-state index in [0.717, 1.165) is 0 Å². The third-order valence-corrected chi connectivity index (χ3v) is 7.97. The first kappa shape index (κ1) is 26.2. The molecule has 2 heterocycles. The molecular formula is C22H30N3O8P. The Labute approximate surface area is 198 Å². The molecule has 0 spiro atoms. The van der Waals surface area contributed by atoms with Gasteiger partial charge in [0.05, 0.1) is 49.7 Å². The second kappa shape index (κ2) is 10.5. The molecule has 2 aliphatic rings. The number of nitro benzene ring substituents is 1. The summed E-state index contributed by atoms with van der Waals surface area (Å²) in [5.41, 5.74) is 5.15. The SMILES string of the molecule is COC(=O)C1=C(COCCN)N=C(C)C(P2(=O)OCC(C)(C)CO2)C1c1cccc([N+](=O)[O-])c1. The van der Waals surface area contributed by atoms with E-state index in [4.69, 9.17) is 24.3 Å².